The lowest BCUT2D eigenvalue weighted by molar-refractivity contribution is -0.122. The van der Waals surface area contributed by atoms with Crippen LogP contribution in [0.4, 0.5) is 4.39 Å². The number of amides is 1. The quantitative estimate of drug-likeness (QED) is 0.670. The summed E-state index contributed by atoms with van der Waals surface area (Å²) >= 11 is 0. The average molecular weight is 410 g/mol. The lowest BCUT2D eigenvalue weighted by Crippen LogP contribution is -2.44. The highest BCUT2D eigenvalue weighted by Gasteiger charge is 2.23. The molecule has 0 aliphatic carbocycles. The highest BCUT2D eigenvalue weighted by atomic mass is 19.1. The van der Waals surface area contributed by atoms with E-state index in [4.69, 9.17) is 4.74 Å². The van der Waals surface area contributed by atoms with Gasteiger partial charge in [0.1, 0.15) is 12.4 Å². The predicted octanol–water partition coefficient (Wildman–Crippen LogP) is 1.73. The zero-order valence-corrected chi connectivity index (χ0v) is 16.5. The summed E-state index contributed by atoms with van der Waals surface area (Å²) in [5.41, 5.74) is 1.37. The van der Waals surface area contributed by atoms with E-state index < -0.39 is 0 Å². The standard InChI is InChI=1S/C22H23FN4O3/c23-17-7-5-16(6-8-17)20(26-9-11-30-12-10-26)13-24-22(29)15-27-19-4-2-1-3-18(19)21(28)14-25-27/h1-8,14,20H,9-13,15H2,(H,24,29). The third-order valence-electron chi connectivity index (χ3n) is 5.29. The van der Waals surface area contributed by atoms with Crippen molar-refractivity contribution in [3.63, 3.8) is 0 Å². The lowest BCUT2D eigenvalue weighted by Gasteiger charge is -2.35. The predicted molar refractivity (Wildman–Crippen MR) is 111 cm³/mol. The van der Waals surface area contributed by atoms with E-state index in [1.807, 2.05) is 0 Å². The van der Waals surface area contributed by atoms with Gasteiger partial charge in [0.25, 0.3) is 0 Å². The molecule has 1 N–H and O–H groups in total. The molecule has 2 heterocycles. The molecule has 0 bridgehead atoms. The zero-order valence-electron chi connectivity index (χ0n) is 16.5. The SMILES string of the molecule is O=C(Cn1ncc(=O)c2ccccc21)NCC(c1ccc(F)cc1)N1CCOCC1. The number of carbonyl (C=O) groups is 1. The minimum atomic E-state index is -0.292. The average Bonchev–Trinajstić information content (AvgIpc) is 2.78. The van der Waals surface area contributed by atoms with Crippen LogP contribution in [-0.2, 0) is 16.1 Å². The van der Waals surface area contributed by atoms with Crippen LogP contribution in [0.25, 0.3) is 10.9 Å². The van der Waals surface area contributed by atoms with Gasteiger partial charge in [-0.3, -0.25) is 19.2 Å². The molecule has 0 radical (unpaired) electrons. The number of nitrogens with one attached hydrogen (secondary N) is 1. The fraction of sp³-hybridized carbons (Fsp3) is 0.318. The van der Waals surface area contributed by atoms with E-state index in [2.05, 4.69) is 15.3 Å². The first-order valence-corrected chi connectivity index (χ1v) is 9.90. The number of halogens is 1. The Labute approximate surface area is 173 Å². The number of aromatic nitrogens is 2. The Morgan fingerprint density at radius 2 is 1.87 bits per heavy atom. The second-order valence-electron chi connectivity index (χ2n) is 7.20. The van der Waals surface area contributed by atoms with Gasteiger partial charge < -0.3 is 10.1 Å². The topological polar surface area (TPSA) is 76.5 Å². The maximum Gasteiger partial charge on any atom is 0.241 e. The maximum absolute atomic E-state index is 13.4. The number of nitrogens with zero attached hydrogens (tertiary/aromatic N) is 3. The Hall–Kier alpha value is -3.10. The molecule has 30 heavy (non-hydrogen) atoms. The molecule has 0 spiro atoms. The summed E-state index contributed by atoms with van der Waals surface area (Å²) < 4.78 is 20.3. The van der Waals surface area contributed by atoms with Crippen molar-refractivity contribution in [2.24, 2.45) is 0 Å². The van der Waals surface area contributed by atoms with Crippen LogP contribution in [0.1, 0.15) is 11.6 Å². The van der Waals surface area contributed by atoms with Crippen molar-refractivity contribution in [3.8, 4) is 0 Å². The van der Waals surface area contributed by atoms with Gasteiger partial charge in [0.15, 0.2) is 0 Å². The molecule has 156 valence electrons. The number of fused-ring (bicyclic) bond motifs is 1. The molecular weight excluding hydrogens is 387 g/mol. The van der Waals surface area contributed by atoms with Gasteiger partial charge in [0.2, 0.25) is 11.3 Å². The van der Waals surface area contributed by atoms with Crippen LogP contribution < -0.4 is 10.7 Å². The van der Waals surface area contributed by atoms with Crippen LogP contribution in [0, 0.1) is 5.82 Å². The molecule has 1 aromatic heterocycles. The first-order valence-electron chi connectivity index (χ1n) is 9.90. The number of hydrogen-bond acceptors (Lipinski definition) is 5. The maximum atomic E-state index is 13.4. The third-order valence-corrected chi connectivity index (χ3v) is 5.29. The molecule has 1 atom stereocenters. The Morgan fingerprint density at radius 1 is 1.13 bits per heavy atom. The van der Waals surface area contributed by atoms with Crippen molar-refractivity contribution >= 4 is 16.8 Å². The van der Waals surface area contributed by atoms with E-state index >= 15 is 0 Å². The second-order valence-corrected chi connectivity index (χ2v) is 7.20. The van der Waals surface area contributed by atoms with Gasteiger partial charge >= 0.3 is 0 Å². The van der Waals surface area contributed by atoms with E-state index in [0.29, 0.717) is 30.7 Å². The van der Waals surface area contributed by atoms with Crippen LogP contribution in [-0.4, -0.2) is 53.4 Å². The van der Waals surface area contributed by atoms with Gasteiger partial charge in [0.05, 0.1) is 31.0 Å². The molecule has 4 rings (SSSR count). The molecule has 7 nitrogen and oxygen atoms in total. The molecule has 1 fully saturated rings. The van der Waals surface area contributed by atoms with Crippen LogP contribution in [0.2, 0.25) is 0 Å². The third kappa shape index (κ3) is 4.55. The van der Waals surface area contributed by atoms with Crippen LogP contribution >= 0.6 is 0 Å². The minimum absolute atomic E-state index is 0.0000419. The number of para-hydroxylation sites is 1. The number of carbonyl (C=O) groups excluding carboxylic acids is 1. The molecule has 0 saturated carbocycles. The van der Waals surface area contributed by atoms with Gasteiger partial charge in [-0.1, -0.05) is 24.3 Å². The molecule has 1 saturated heterocycles. The highest BCUT2D eigenvalue weighted by molar-refractivity contribution is 5.81. The monoisotopic (exact) mass is 410 g/mol. The van der Waals surface area contributed by atoms with Crippen molar-refractivity contribution in [3.05, 3.63) is 76.3 Å². The molecule has 2 aromatic carbocycles. The largest absolute Gasteiger partial charge is 0.379 e. The van der Waals surface area contributed by atoms with E-state index in [-0.39, 0.29) is 29.7 Å². The summed E-state index contributed by atoms with van der Waals surface area (Å²) in [5, 5.41) is 7.60. The van der Waals surface area contributed by atoms with E-state index in [1.54, 1.807) is 36.4 Å². The molecule has 8 heteroatoms. The lowest BCUT2D eigenvalue weighted by atomic mass is 10.0. The zero-order chi connectivity index (χ0) is 20.9. The Kier molecular flexibility index (Phi) is 6.15. The highest BCUT2D eigenvalue weighted by Crippen LogP contribution is 2.21. The summed E-state index contributed by atoms with van der Waals surface area (Å²) in [7, 11) is 0. The minimum Gasteiger partial charge on any atom is -0.379 e. The number of benzene rings is 2. The van der Waals surface area contributed by atoms with Gasteiger partial charge in [-0.25, -0.2) is 4.39 Å². The summed E-state index contributed by atoms with van der Waals surface area (Å²) in [6.07, 6.45) is 1.23. The first kappa shape index (κ1) is 20.2. The van der Waals surface area contributed by atoms with Gasteiger partial charge in [-0.05, 0) is 29.8 Å². The number of morpholine rings is 1. The summed E-state index contributed by atoms with van der Waals surface area (Å²) in [6.45, 7) is 3.11. The molecule has 1 aliphatic heterocycles. The van der Waals surface area contributed by atoms with Crippen molar-refractivity contribution in [1.29, 1.82) is 0 Å². The fourth-order valence-corrected chi connectivity index (χ4v) is 3.72. The second kappa shape index (κ2) is 9.15. The molecule has 1 unspecified atom stereocenters. The van der Waals surface area contributed by atoms with Crippen molar-refractivity contribution in [2.45, 2.75) is 12.6 Å². The van der Waals surface area contributed by atoms with E-state index in [0.717, 1.165) is 18.7 Å². The molecule has 1 amide bonds. The Balaban J connectivity index is 1.48. The van der Waals surface area contributed by atoms with Crippen LogP contribution in [0.3, 0.4) is 0 Å². The number of ether oxygens (including phenoxy) is 1. The van der Waals surface area contributed by atoms with Crippen molar-refractivity contribution in [2.75, 3.05) is 32.8 Å². The molecule has 3 aromatic rings. The van der Waals surface area contributed by atoms with Gasteiger partial charge in [-0.2, -0.15) is 5.10 Å². The van der Waals surface area contributed by atoms with Crippen LogP contribution in [0.5, 0.6) is 0 Å². The Bertz CT molecular complexity index is 1080. The molecular formula is C22H23FN4O3. The van der Waals surface area contributed by atoms with Crippen LogP contribution in [0.15, 0.2) is 59.5 Å². The number of rotatable bonds is 6. The molecule has 1 aliphatic rings. The van der Waals surface area contributed by atoms with Crippen molar-refractivity contribution < 1.29 is 13.9 Å². The van der Waals surface area contributed by atoms with E-state index in [9.17, 15) is 14.0 Å². The van der Waals surface area contributed by atoms with Gasteiger partial charge in [-0.15, -0.1) is 0 Å². The number of hydrogen-bond donors (Lipinski definition) is 1. The van der Waals surface area contributed by atoms with Gasteiger partial charge in [0, 0.05) is 25.0 Å². The Morgan fingerprint density at radius 3 is 2.63 bits per heavy atom. The smallest absolute Gasteiger partial charge is 0.241 e. The first-order chi connectivity index (χ1) is 14.6. The fourth-order valence-electron chi connectivity index (χ4n) is 3.72. The van der Waals surface area contributed by atoms with E-state index in [1.165, 1.54) is 23.0 Å². The normalized spacial score (nSPS) is 15.8. The summed E-state index contributed by atoms with van der Waals surface area (Å²) in [6, 6.07) is 13.4. The summed E-state index contributed by atoms with van der Waals surface area (Å²) in [4.78, 5) is 26.9. The van der Waals surface area contributed by atoms with Crippen molar-refractivity contribution in [1.82, 2.24) is 20.0 Å². The summed E-state index contributed by atoms with van der Waals surface area (Å²) in [5.74, 6) is -0.503.